The van der Waals surface area contributed by atoms with Gasteiger partial charge in [-0.1, -0.05) is 0 Å². The summed E-state index contributed by atoms with van der Waals surface area (Å²) in [5.74, 6) is 1.06. The van der Waals surface area contributed by atoms with Gasteiger partial charge in [0.25, 0.3) is 5.91 Å². The summed E-state index contributed by atoms with van der Waals surface area (Å²) in [5, 5.41) is 4.07. The summed E-state index contributed by atoms with van der Waals surface area (Å²) in [4.78, 5) is 46.0. The van der Waals surface area contributed by atoms with Crippen molar-refractivity contribution in [2.24, 2.45) is 18.9 Å². The van der Waals surface area contributed by atoms with E-state index in [1.54, 1.807) is 28.9 Å². The van der Waals surface area contributed by atoms with E-state index in [1.807, 2.05) is 9.80 Å². The zero-order valence-electron chi connectivity index (χ0n) is 17.6. The first-order valence-electron chi connectivity index (χ1n) is 11.1. The van der Waals surface area contributed by atoms with E-state index >= 15 is 0 Å². The normalized spacial score (nSPS) is 29.1. The van der Waals surface area contributed by atoms with Crippen LogP contribution < -0.4 is 0 Å². The molecule has 5 heterocycles. The van der Waals surface area contributed by atoms with Gasteiger partial charge in [0, 0.05) is 71.5 Å². The van der Waals surface area contributed by atoms with Crippen molar-refractivity contribution in [2.75, 3.05) is 45.8 Å². The molecule has 1 aromatic rings. The number of hydrogen-bond acceptors (Lipinski definition) is 4. The van der Waals surface area contributed by atoms with Gasteiger partial charge in [-0.15, -0.1) is 0 Å². The van der Waals surface area contributed by atoms with Crippen LogP contribution in [-0.2, 0) is 11.8 Å². The predicted octanol–water partition coefficient (Wildman–Crippen LogP) is 0.631. The molecule has 162 valence electrons. The van der Waals surface area contributed by atoms with Crippen LogP contribution in [0, 0.1) is 11.8 Å². The predicted molar refractivity (Wildman–Crippen MR) is 109 cm³/mol. The number of urea groups is 1. The van der Waals surface area contributed by atoms with E-state index < -0.39 is 0 Å². The molecule has 1 aromatic heterocycles. The molecular formula is C21H30N6O3. The Bertz CT molecular complexity index is 846. The topological polar surface area (TPSA) is 82.0 Å². The molecule has 9 nitrogen and oxygen atoms in total. The number of rotatable bonds is 1. The summed E-state index contributed by atoms with van der Waals surface area (Å²) in [5.41, 5.74) is 0.574. The number of piperazine rings is 1. The molecule has 4 saturated heterocycles. The third kappa shape index (κ3) is 3.33. The van der Waals surface area contributed by atoms with E-state index in [-0.39, 0.29) is 11.9 Å². The van der Waals surface area contributed by atoms with Crippen LogP contribution in [-0.4, -0.2) is 99.1 Å². The van der Waals surface area contributed by atoms with E-state index in [0.717, 1.165) is 38.9 Å². The molecule has 9 heteroatoms. The van der Waals surface area contributed by atoms with Crippen LogP contribution in [0.25, 0.3) is 0 Å². The van der Waals surface area contributed by atoms with Crippen LogP contribution in [0.2, 0.25) is 0 Å². The molecule has 0 radical (unpaired) electrons. The second-order valence-corrected chi connectivity index (χ2v) is 9.17. The summed E-state index contributed by atoms with van der Waals surface area (Å²) in [6, 6.07) is 2.13. The average Bonchev–Trinajstić information content (AvgIpc) is 3.19. The Balaban J connectivity index is 1.19. The van der Waals surface area contributed by atoms with Crippen LogP contribution in [0.3, 0.4) is 0 Å². The van der Waals surface area contributed by atoms with Crippen LogP contribution >= 0.6 is 0 Å². The summed E-state index contributed by atoms with van der Waals surface area (Å²) >= 11 is 0. The molecule has 4 amide bonds. The van der Waals surface area contributed by atoms with Gasteiger partial charge in [0.2, 0.25) is 5.91 Å². The second kappa shape index (κ2) is 7.59. The van der Waals surface area contributed by atoms with Gasteiger partial charge < -0.3 is 19.6 Å². The lowest BCUT2D eigenvalue weighted by atomic mass is 9.76. The number of nitrogens with zero attached hydrogens (tertiary/aromatic N) is 6. The van der Waals surface area contributed by atoms with Gasteiger partial charge in [-0.05, 0) is 37.2 Å². The fourth-order valence-electron chi connectivity index (χ4n) is 5.81. The molecule has 0 aliphatic carbocycles. The van der Waals surface area contributed by atoms with E-state index in [4.69, 9.17) is 0 Å². The molecule has 0 unspecified atom stereocenters. The Morgan fingerprint density at radius 2 is 1.80 bits per heavy atom. The Morgan fingerprint density at radius 3 is 2.53 bits per heavy atom. The van der Waals surface area contributed by atoms with Crippen molar-refractivity contribution in [2.45, 2.75) is 31.7 Å². The zero-order valence-corrected chi connectivity index (χ0v) is 17.6. The molecule has 2 bridgehead atoms. The Labute approximate surface area is 176 Å². The lowest BCUT2D eigenvalue weighted by molar-refractivity contribution is -0.144. The van der Waals surface area contributed by atoms with E-state index in [0.29, 0.717) is 62.1 Å². The fourth-order valence-corrected chi connectivity index (χ4v) is 5.81. The molecule has 4 aliphatic heterocycles. The highest BCUT2D eigenvalue weighted by Crippen LogP contribution is 2.38. The number of carbonyl (C=O) groups is 3. The molecule has 30 heavy (non-hydrogen) atoms. The molecule has 0 saturated carbocycles. The van der Waals surface area contributed by atoms with Gasteiger partial charge in [-0.25, -0.2) is 4.79 Å². The Hall–Kier alpha value is -2.58. The van der Waals surface area contributed by atoms with Gasteiger partial charge in [-0.3, -0.25) is 14.3 Å². The maximum atomic E-state index is 13.2. The molecule has 4 fully saturated rings. The summed E-state index contributed by atoms with van der Waals surface area (Å²) < 4.78 is 1.59. The molecular weight excluding hydrogens is 384 g/mol. The van der Waals surface area contributed by atoms with Crippen molar-refractivity contribution in [3.8, 4) is 0 Å². The quantitative estimate of drug-likeness (QED) is 0.675. The number of likely N-dealkylation sites (tertiary alicyclic amines) is 1. The van der Waals surface area contributed by atoms with Crippen molar-refractivity contribution < 1.29 is 14.4 Å². The number of hydrogen-bond donors (Lipinski definition) is 0. The summed E-state index contributed by atoms with van der Waals surface area (Å²) in [6.45, 7) is 4.49. The van der Waals surface area contributed by atoms with Crippen molar-refractivity contribution >= 4 is 17.8 Å². The number of aryl methyl sites for hydroxylation is 1. The SMILES string of the molecule is Cn1nccc1C(=O)N1CCN(C(=O)N2C[C@H]3C[C@H](C2)[C@H]2CCCC(=O)N2C3)CC1. The minimum atomic E-state index is -0.0309. The highest BCUT2D eigenvalue weighted by Gasteiger charge is 2.45. The lowest BCUT2D eigenvalue weighted by Crippen LogP contribution is -2.63. The molecule has 0 spiro atoms. The van der Waals surface area contributed by atoms with Crippen molar-refractivity contribution in [1.82, 2.24) is 29.4 Å². The largest absolute Gasteiger partial charge is 0.339 e. The number of aromatic nitrogens is 2. The standard InChI is InChI=1S/C21H30N6O3/c1-23-18(5-6-22-23)20(29)24-7-9-25(10-8-24)21(30)26-12-15-11-16(14-26)17-3-2-4-19(28)27(17)13-15/h5-6,15-17H,2-4,7-14H2,1H3/t15-,16-,17-/m1/s1. The fraction of sp³-hybridized carbons (Fsp3) is 0.714. The smallest absolute Gasteiger partial charge is 0.320 e. The first-order valence-corrected chi connectivity index (χ1v) is 11.1. The average molecular weight is 415 g/mol. The highest BCUT2D eigenvalue weighted by molar-refractivity contribution is 5.92. The third-order valence-electron chi connectivity index (χ3n) is 7.33. The maximum Gasteiger partial charge on any atom is 0.320 e. The molecule has 3 atom stereocenters. The minimum Gasteiger partial charge on any atom is -0.339 e. The number of fused-ring (bicyclic) bond motifs is 4. The maximum absolute atomic E-state index is 13.2. The van der Waals surface area contributed by atoms with E-state index in [1.165, 1.54) is 0 Å². The number of amides is 4. The van der Waals surface area contributed by atoms with E-state index in [9.17, 15) is 14.4 Å². The molecule has 4 aliphatic rings. The monoisotopic (exact) mass is 414 g/mol. The van der Waals surface area contributed by atoms with Gasteiger partial charge in [0.1, 0.15) is 5.69 Å². The van der Waals surface area contributed by atoms with Crippen LogP contribution in [0.4, 0.5) is 4.79 Å². The van der Waals surface area contributed by atoms with Crippen molar-refractivity contribution in [3.63, 3.8) is 0 Å². The first kappa shape index (κ1) is 19.4. The number of carbonyl (C=O) groups excluding carboxylic acids is 3. The Morgan fingerprint density at radius 1 is 1.03 bits per heavy atom. The lowest BCUT2D eigenvalue weighted by Gasteiger charge is -2.53. The summed E-state index contributed by atoms with van der Waals surface area (Å²) in [7, 11) is 1.77. The Kier molecular flexibility index (Phi) is 4.91. The van der Waals surface area contributed by atoms with Crippen LogP contribution in [0.1, 0.15) is 36.2 Å². The minimum absolute atomic E-state index is 0.0309. The molecule has 0 N–H and O–H groups in total. The van der Waals surface area contributed by atoms with Crippen molar-refractivity contribution in [3.05, 3.63) is 18.0 Å². The number of piperidine rings is 3. The molecule has 0 aromatic carbocycles. The van der Waals surface area contributed by atoms with Crippen molar-refractivity contribution in [1.29, 1.82) is 0 Å². The van der Waals surface area contributed by atoms with Gasteiger partial charge in [-0.2, -0.15) is 5.10 Å². The van der Waals surface area contributed by atoms with Gasteiger partial charge >= 0.3 is 6.03 Å². The zero-order chi connectivity index (χ0) is 20.8. The van der Waals surface area contributed by atoms with Gasteiger partial charge in [0.15, 0.2) is 0 Å². The summed E-state index contributed by atoms with van der Waals surface area (Å²) in [6.07, 6.45) is 5.48. The van der Waals surface area contributed by atoms with Crippen LogP contribution in [0.15, 0.2) is 12.3 Å². The molecule has 5 rings (SSSR count). The van der Waals surface area contributed by atoms with Gasteiger partial charge in [0.05, 0.1) is 0 Å². The first-order chi connectivity index (χ1) is 14.5. The highest BCUT2D eigenvalue weighted by atomic mass is 16.2. The van der Waals surface area contributed by atoms with E-state index in [2.05, 4.69) is 10.00 Å². The second-order valence-electron chi connectivity index (χ2n) is 9.17. The van der Waals surface area contributed by atoms with Crippen LogP contribution in [0.5, 0.6) is 0 Å². The third-order valence-corrected chi connectivity index (χ3v) is 7.33.